The van der Waals surface area contributed by atoms with Crippen LogP contribution in [-0.2, 0) is 13.6 Å². The van der Waals surface area contributed by atoms with Crippen molar-refractivity contribution >= 4 is 5.82 Å². The number of H-pyrrole nitrogens is 2. The van der Waals surface area contributed by atoms with Crippen LogP contribution in [0.5, 0.6) is 0 Å². The predicted octanol–water partition coefficient (Wildman–Crippen LogP) is -1.14. The summed E-state index contributed by atoms with van der Waals surface area (Å²) in [5.41, 5.74) is -0.981. The minimum atomic E-state index is -0.756. The second-order valence-corrected chi connectivity index (χ2v) is 4.05. The molecular formula is C10H14N6O3. The SMILES string of the molecule is C[C@@H](O)c1n[nH]c(CNc2cc(=O)[nH]c(=O)n2C)n1. The molecule has 0 unspecified atom stereocenters. The largest absolute Gasteiger partial charge is 0.385 e. The van der Waals surface area contributed by atoms with E-state index < -0.39 is 17.4 Å². The number of hydrogen-bond acceptors (Lipinski definition) is 6. The number of anilines is 1. The zero-order chi connectivity index (χ0) is 14.0. The third kappa shape index (κ3) is 2.88. The predicted molar refractivity (Wildman–Crippen MR) is 66.6 cm³/mol. The number of nitrogens with zero attached hydrogens (tertiary/aromatic N) is 3. The highest BCUT2D eigenvalue weighted by Crippen LogP contribution is 2.06. The van der Waals surface area contributed by atoms with Crippen molar-refractivity contribution in [3.63, 3.8) is 0 Å². The summed E-state index contributed by atoms with van der Waals surface area (Å²) in [6.07, 6.45) is -0.756. The van der Waals surface area contributed by atoms with Crippen LogP contribution in [0.1, 0.15) is 24.7 Å². The molecule has 19 heavy (non-hydrogen) atoms. The number of aliphatic hydroxyl groups excluding tert-OH is 1. The summed E-state index contributed by atoms with van der Waals surface area (Å²) in [5.74, 6) is 1.14. The van der Waals surface area contributed by atoms with E-state index in [1.165, 1.54) is 17.7 Å². The highest BCUT2D eigenvalue weighted by atomic mass is 16.3. The van der Waals surface area contributed by atoms with Crippen LogP contribution in [0.2, 0.25) is 0 Å². The first-order valence-corrected chi connectivity index (χ1v) is 5.61. The summed E-state index contributed by atoms with van der Waals surface area (Å²) in [6, 6.07) is 1.27. The standard InChI is InChI=1S/C10H14N6O3/c1-5(17)9-12-6(14-15-9)4-11-7-3-8(18)13-10(19)16(7)2/h3,5,11,17H,4H2,1-2H3,(H,12,14,15)(H,13,18,19)/t5-/m1/s1. The zero-order valence-corrected chi connectivity index (χ0v) is 10.5. The Bertz CT molecular complexity index is 683. The molecule has 0 saturated heterocycles. The molecule has 1 atom stereocenters. The maximum absolute atomic E-state index is 11.4. The van der Waals surface area contributed by atoms with Gasteiger partial charge in [-0.3, -0.25) is 19.4 Å². The van der Waals surface area contributed by atoms with E-state index in [1.807, 2.05) is 0 Å². The lowest BCUT2D eigenvalue weighted by Gasteiger charge is -2.07. The fourth-order valence-corrected chi connectivity index (χ4v) is 1.48. The van der Waals surface area contributed by atoms with E-state index in [1.54, 1.807) is 6.92 Å². The Morgan fingerprint density at radius 3 is 2.89 bits per heavy atom. The number of nitrogens with one attached hydrogen (secondary N) is 3. The number of hydrogen-bond donors (Lipinski definition) is 4. The highest BCUT2D eigenvalue weighted by Gasteiger charge is 2.08. The Balaban J connectivity index is 2.14. The van der Waals surface area contributed by atoms with Crippen LogP contribution in [0.25, 0.3) is 0 Å². The second kappa shape index (κ2) is 5.06. The lowest BCUT2D eigenvalue weighted by Crippen LogP contribution is -2.29. The molecule has 0 fully saturated rings. The maximum atomic E-state index is 11.4. The smallest absolute Gasteiger partial charge is 0.329 e. The van der Waals surface area contributed by atoms with Crippen molar-refractivity contribution in [1.82, 2.24) is 24.7 Å². The van der Waals surface area contributed by atoms with Gasteiger partial charge in [-0.25, -0.2) is 9.78 Å². The topological polar surface area (TPSA) is 129 Å². The molecule has 0 aliphatic heterocycles. The Labute approximate surface area is 107 Å². The van der Waals surface area contributed by atoms with E-state index in [0.29, 0.717) is 11.6 Å². The number of aromatic nitrogens is 5. The molecule has 0 saturated carbocycles. The van der Waals surface area contributed by atoms with Crippen LogP contribution in [-0.4, -0.2) is 29.8 Å². The molecule has 9 nitrogen and oxygen atoms in total. The quantitative estimate of drug-likeness (QED) is 0.553. The van der Waals surface area contributed by atoms with Crippen molar-refractivity contribution in [2.75, 3.05) is 5.32 Å². The Morgan fingerprint density at radius 2 is 2.26 bits per heavy atom. The lowest BCUT2D eigenvalue weighted by molar-refractivity contribution is 0.189. The maximum Gasteiger partial charge on any atom is 0.329 e. The minimum Gasteiger partial charge on any atom is -0.385 e. The summed E-state index contributed by atoms with van der Waals surface area (Å²) in [6.45, 7) is 1.80. The molecule has 0 amide bonds. The molecule has 0 spiro atoms. The van der Waals surface area contributed by atoms with Gasteiger partial charge in [-0.05, 0) is 6.92 Å². The molecule has 4 N–H and O–H groups in total. The fraction of sp³-hybridized carbons (Fsp3) is 0.400. The van der Waals surface area contributed by atoms with Crippen LogP contribution in [0, 0.1) is 0 Å². The van der Waals surface area contributed by atoms with E-state index in [9.17, 15) is 14.7 Å². The van der Waals surface area contributed by atoms with Gasteiger partial charge in [0.05, 0.1) is 6.54 Å². The third-order valence-electron chi connectivity index (χ3n) is 2.52. The van der Waals surface area contributed by atoms with Gasteiger partial charge in [0.15, 0.2) is 5.82 Å². The molecule has 9 heteroatoms. The number of aromatic amines is 2. The third-order valence-corrected chi connectivity index (χ3v) is 2.52. The average molecular weight is 266 g/mol. The zero-order valence-electron chi connectivity index (χ0n) is 10.5. The monoisotopic (exact) mass is 266 g/mol. The van der Waals surface area contributed by atoms with Gasteiger partial charge in [0.2, 0.25) is 0 Å². The van der Waals surface area contributed by atoms with Gasteiger partial charge in [0.25, 0.3) is 5.56 Å². The first kappa shape index (κ1) is 13.0. The van der Waals surface area contributed by atoms with Gasteiger partial charge in [0.1, 0.15) is 17.7 Å². The average Bonchev–Trinajstić information content (AvgIpc) is 2.81. The van der Waals surface area contributed by atoms with Crippen molar-refractivity contribution in [1.29, 1.82) is 0 Å². The molecular weight excluding hydrogens is 252 g/mol. The molecule has 2 aromatic heterocycles. The van der Waals surface area contributed by atoms with Crippen molar-refractivity contribution in [3.8, 4) is 0 Å². The van der Waals surface area contributed by atoms with Gasteiger partial charge in [-0.15, -0.1) is 0 Å². The van der Waals surface area contributed by atoms with E-state index in [-0.39, 0.29) is 12.4 Å². The summed E-state index contributed by atoms with van der Waals surface area (Å²) >= 11 is 0. The highest BCUT2D eigenvalue weighted by molar-refractivity contribution is 5.33. The van der Waals surface area contributed by atoms with Gasteiger partial charge >= 0.3 is 5.69 Å². The second-order valence-electron chi connectivity index (χ2n) is 4.05. The van der Waals surface area contributed by atoms with Gasteiger partial charge < -0.3 is 10.4 Å². The Morgan fingerprint density at radius 1 is 1.53 bits per heavy atom. The van der Waals surface area contributed by atoms with Crippen LogP contribution in [0.15, 0.2) is 15.7 Å². The summed E-state index contributed by atoms with van der Waals surface area (Å²) < 4.78 is 1.27. The van der Waals surface area contributed by atoms with Crippen LogP contribution >= 0.6 is 0 Å². The first-order valence-electron chi connectivity index (χ1n) is 5.61. The molecule has 0 aliphatic carbocycles. The molecule has 2 rings (SSSR count). The Hall–Kier alpha value is -2.42. The van der Waals surface area contributed by atoms with E-state index >= 15 is 0 Å². The molecule has 102 valence electrons. The van der Waals surface area contributed by atoms with Crippen molar-refractivity contribution in [3.05, 3.63) is 38.6 Å². The normalized spacial score (nSPS) is 12.4. The van der Waals surface area contributed by atoms with E-state index in [2.05, 4.69) is 25.5 Å². The molecule has 0 aromatic carbocycles. The Kier molecular flexibility index (Phi) is 3.47. The van der Waals surface area contributed by atoms with Crippen LogP contribution in [0.3, 0.4) is 0 Å². The van der Waals surface area contributed by atoms with E-state index in [4.69, 9.17) is 0 Å². The van der Waals surface area contributed by atoms with E-state index in [0.717, 1.165) is 0 Å². The number of rotatable bonds is 4. The van der Waals surface area contributed by atoms with Crippen LogP contribution in [0.4, 0.5) is 5.82 Å². The number of aliphatic hydroxyl groups is 1. The van der Waals surface area contributed by atoms with Gasteiger partial charge in [0, 0.05) is 13.1 Å². The van der Waals surface area contributed by atoms with Gasteiger partial charge in [-0.1, -0.05) is 0 Å². The van der Waals surface area contributed by atoms with Crippen LogP contribution < -0.4 is 16.6 Å². The van der Waals surface area contributed by atoms with Crippen molar-refractivity contribution in [2.24, 2.45) is 7.05 Å². The lowest BCUT2D eigenvalue weighted by atomic mass is 10.4. The molecule has 2 heterocycles. The molecule has 0 aliphatic rings. The first-order chi connectivity index (χ1) is 8.97. The fourth-order valence-electron chi connectivity index (χ4n) is 1.48. The minimum absolute atomic E-state index is 0.246. The summed E-state index contributed by atoms with van der Waals surface area (Å²) in [4.78, 5) is 28.7. The van der Waals surface area contributed by atoms with Crippen molar-refractivity contribution in [2.45, 2.75) is 19.6 Å². The van der Waals surface area contributed by atoms with Gasteiger partial charge in [-0.2, -0.15) is 5.10 Å². The van der Waals surface area contributed by atoms with Crippen molar-refractivity contribution < 1.29 is 5.11 Å². The summed E-state index contributed by atoms with van der Waals surface area (Å²) in [7, 11) is 1.53. The summed E-state index contributed by atoms with van der Waals surface area (Å²) in [5, 5.41) is 18.6. The molecule has 2 aromatic rings. The molecule has 0 radical (unpaired) electrons. The molecule has 0 bridgehead atoms.